The predicted molar refractivity (Wildman–Crippen MR) is 96.4 cm³/mol. The molecular formula is C17H20N2O3S2. The Morgan fingerprint density at radius 1 is 1.33 bits per heavy atom. The number of carbonyl (C=O) groups is 1. The van der Waals surface area contributed by atoms with Crippen LogP contribution in [-0.2, 0) is 9.84 Å². The van der Waals surface area contributed by atoms with Gasteiger partial charge in [-0.1, -0.05) is 0 Å². The van der Waals surface area contributed by atoms with Gasteiger partial charge in [0.2, 0.25) is 0 Å². The third kappa shape index (κ3) is 3.37. The van der Waals surface area contributed by atoms with Crippen LogP contribution in [0.25, 0.3) is 6.08 Å². The number of nitrogens with zero attached hydrogens (tertiary/aromatic N) is 2. The highest BCUT2D eigenvalue weighted by atomic mass is 32.2. The predicted octanol–water partition coefficient (Wildman–Crippen LogP) is 3.13. The summed E-state index contributed by atoms with van der Waals surface area (Å²) in [6, 6.07) is 3.66. The van der Waals surface area contributed by atoms with Crippen molar-refractivity contribution in [2.45, 2.75) is 33.2 Å². The fourth-order valence-electron chi connectivity index (χ4n) is 3.05. The Labute approximate surface area is 145 Å². The minimum atomic E-state index is -2.95. The van der Waals surface area contributed by atoms with Crippen LogP contribution in [0.1, 0.15) is 44.0 Å². The van der Waals surface area contributed by atoms with E-state index in [-0.39, 0.29) is 23.3 Å². The lowest BCUT2D eigenvalue weighted by molar-refractivity contribution is 0.105. The number of aromatic nitrogens is 2. The molecule has 1 fully saturated rings. The molecule has 1 saturated heterocycles. The summed E-state index contributed by atoms with van der Waals surface area (Å²) in [7, 11) is -2.95. The van der Waals surface area contributed by atoms with Gasteiger partial charge in [0.15, 0.2) is 15.6 Å². The van der Waals surface area contributed by atoms with Crippen molar-refractivity contribution in [3.05, 3.63) is 44.9 Å². The average molecular weight is 364 g/mol. The molecule has 0 N–H and O–H groups in total. The van der Waals surface area contributed by atoms with Gasteiger partial charge in [-0.3, -0.25) is 9.48 Å². The van der Waals surface area contributed by atoms with Crippen LogP contribution >= 0.6 is 11.3 Å². The van der Waals surface area contributed by atoms with E-state index in [1.54, 1.807) is 16.8 Å². The van der Waals surface area contributed by atoms with Gasteiger partial charge in [-0.2, -0.15) is 5.10 Å². The highest BCUT2D eigenvalue weighted by Gasteiger charge is 2.31. The lowest BCUT2D eigenvalue weighted by Gasteiger charge is -2.10. The van der Waals surface area contributed by atoms with Crippen LogP contribution in [0, 0.1) is 20.8 Å². The highest BCUT2D eigenvalue weighted by Crippen LogP contribution is 2.27. The van der Waals surface area contributed by atoms with Gasteiger partial charge in [0.05, 0.1) is 28.1 Å². The second-order valence-corrected chi connectivity index (χ2v) is 9.71. The van der Waals surface area contributed by atoms with Crippen LogP contribution in [0.15, 0.2) is 18.2 Å². The molecule has 2 aromatic rings. The molecule has 0 spiro atoms. The Hall–Kier alpha value is -1.73. The van der Waals surface area contributed by atoms with Gasteiger partial charge in [-0.25, -0.2) is 8.42 Å². The van der Waals surface area contributed by atoms with Crippen molar-refractivity contribution in [1.29, 1.82) is 0 Å². The summed E-state index contributed by atoms with van der Waals surface area (Å²) in [4.78, 5) is 14.0. The Balaban J connectivity index is 1.84. The van der Waals surface area contributed by atoms with Gasteiger partial charge in [0.1, 0.15) is 0 Å². The van der Waals surface area contributed by atoms with Crippen molar-refractivity contribution in [3.63, 3.8) is 0 Å². The van der Waals surface area contributed by atoms with Crippen molar-refractivity contribution in [2.24, 2.45) is 0 Å². The number of ketones is 1. The molecule has 0 aromatic carbocycles. The molecule has 0 aliphatic carbocycles. The Morgan fingerprint density at radius 3 is 2.67 bits per heavy atom. The number of thiophene rings is 1. The van der Waals surface area contributed by atoms with Crippen LogP contribution in [0.5, 0.6) is 0 Å². The average Bonchev–Trinajstić information content (AvgIpc) is 3.16. The Kier molecular flexibility index (Phi) is 4.48. The number of sulfone groups is 1. The zero-order chi connectivity index (χ0) is 17.5. The largest absolute Gasteiger partial charge is 0.288 e. The summed E-state index contributed by atoms with van der Waals surface area (Å²) in [6.07, 6.45) is 3.95. The molecule has 5 nitrogen and oxygen atoms in total. The first-order chi connectivity index (χ1) is 11.3. The molecule has 0 radical (unpaired) electrons. The normalized spacial score (nSPS) is 20.0. The highest BCUT2D eigenvalue weighted by molar-refractivity contribution is 7.91. The van der Waals surface area contributed by atoms with Gasteiger partial charge in [-0.15, -0.1) is 11.3 Å². The smallest absolute Gasteiger partial charge is 0.195 e. The van der Waals surface area contributed by atoms with Crippen molar-refractivity contribution in [1.82, 2.24) is 9.78 Å². The van der Waals surface area contributed by atoms with E-state index < -0.39 is 9.84 Å². The van der Waals surface area contributed by atoms with Gasteiger partial charge in [0.25, 0.3) is 0 Å². The molecule has 0 saturated carbocycles. The SMILES string of the molecule is Cc1ccc(C(=O)/C=C/c2c(C)nn([C@@H]3CCS(=O)(=O)C3)c2C)s1. The molecule has 0 bridgehead atoms. The molecule has 0 unspecified atom stereocenters. The lowest BCUT2D eigenvalue weighted by Crippen LogP contribution is -2.13. The second-order valence-electron chi connectivity index (χ2n) is 6.19. The van der Waals surface area contributed by atoms with Crippen LogP contribution in [0.3, 0.4) is 0 Å². The van der Waals surface area contributed by atoms with Gasteiger partial charge >= 0.3 is 0 Å². The minimum absolute atomic E-state index is 0.0249. The molecule has 3 rings (SSSR count). The van der Waals surface area contributed by atoms with Crippen LogP contribution < -0.4 is 0 Å². The number of hydrogen-bond donors (Lipinski definition) is 0. The first kappa shape index (κ1) is 17.1. The number of allylic oxidation sites excluding steroid dienone is 1. The van der Waals surface area contributed by atoms with E-state index in [0.717, 1.165) is 21.8 Å². The quantitative estimate of drug-likeness (QED) is 0.617. The summed E-state index contributed by atoms with van der Waals surface area (Å²) < 4.78 is 25.2. The standard InChI is InChI=1S/C17H20N2O3S2/c1-11-4-7-17(23-11)16(20)6-5-15-12(2)18-19(13(15)3)14-8-9-24(21,22)10-14/h4-7,14H,8-10H2,1-3H3/b6-5+/t14-/m1/s1. The summed E-state index contributed by atoms with van der Waals surface area (Å²) >= 11 is 1.48. The van der Waals surface area contributed by atoms with Gasteiger partial charge < -0.3 is 0 Å². The lowest BCUT2D eigenvalue weighted by atomic mass is 10.1. The molecule has 128 valence electrons. The van der Waals surface area contributed by atoms with E-state index in [4.69, 9.17) is 0 Å². The van der Waals surface area contributed by atoms with Crippen LogP contribution in [0.2, 0.25) is 0 Å². The zero-order valence-electron chi connectivity index (χ0n) is 13.9. The zero-order valence-corrected chi connectivity index (χ0v) is 15.6. The summed E-state index contributed by atoms with van der Waals surface area (Å²) in [5.41, 5.74) is 2.60. The van der Waals surface area contributed by atoms with E-state index in [1.807, 2.05) is 32.9 Å². The maximum atomic E-state index is 12.2. The second kappa shape index (κ2) is 6.29. The van der Waals surface area contributed by atoms with E-state index >= 15 is 0 Å². The number of aryl methyl sites for hydroxylation is 2. The molecule has 1 atom stereocenters. The molecule has 1 aliphatic rings. The van der Waals surface area contributed by atoms with E-state index in [1.165, 1.54) is 11.3 Å². The maximum absolute atomic E-state index is 12.2. The number of hydrogen-bond acceptors (Lipinski definition) is 5. The van der Waals surface area contributed by atoms with Crippen molar-refractivity contribution >= 4 is 33.0 Å². The first-order valence-corrected chi connectivity index (χ1v) is 10.5. The summed E-state index contributed by atoms with van der Waals surface area (Å²) in [5, 5.41) is 4.50. The van der Waals surface area contributed by atoms with E-state index in [2.05, 4.69) is 5.10 Å². The van der Waals surface area contributed by atoms with E-state index in [9.17, 15) is 13.2 Å². The molecule has 24 heavy (non-hydrogen) atoms. The molecule has 3 heterocycles. The molecule has 2 aromatic heterocycles. The maximum Gasteiger partial charge on any atom is 0.195 e. The fourth-order valence-corrected chi connectivity index (χ4v) is 5.53. The molecule has 7 heteroatoms. The van der Waals surface area contributed by atoms with Gasteiger partial charge in [0, 0.05) is 16.1 Å². The topological polar surface area (TPSA) is 69.0 Å². The Bertz CT molecular complexity index is 920. The fraction of sp³-hybridized carbons (Fsp3) is 0.412. The van der Waals surface area contributed by atoms with Gasteiger partial charge in [-0.05, 0) is 51.5 Å². The van der Waals surface area contributed by atoms with Crippen LogP contribution in [-0.4, -0.2) is 35.5 Å². The molecule has 0 amide bonds. The monoisotopic (exact) mass is 364 g/mol. The third-order valence-corrected chi connectivity index (χ3v) is 7.09. The Morgan fingerprint density at radius 2 is 2.08 bits per heavy atom. The van der Waals surface area contributed by atoms with Crippen LogP contribution in [0.4, 0.5) is 0 Å². The summed E-state index contributed by atoms with van der Waals surface area (Å²) in [6.45, 7) is 5.77. The minimum Gasteiger partial charge on any atom is -0.288 e. The molecular weight excluding hydrogens is 344 g/mol. The van der Waals surface area contributed by atoms with Crippen molar-refractivity contribution in [3.8, 4) is 0 Å². The third-order valence-electron chi connectivity index (χ3n) is 4.32. The number of carbonyl (C=O) groups excluding carboxylic acids is 1. The van der Waals surface area contributed by atoms with E-state index in [0.29, 0.717) is 11.3 Å². The van der Waals surface area contributed by atoms with Crippen molar-refractivity contribution in [2.75, 3.05) is 11.5 Å². The first-order valence-electron chi connectivity index (χ1n) is 7.82. The summed E-state index contributed by atoms with van der Waals surface area (Å²) in [5.74, 6) is 0.339. The van der Waals surface area contributed by atoms with Crippen molar-refractivity contribution < 1.29 is 13.2 Å². The number of rotatable bonds is 4. The molecule has 1 aliphatic heterocycles.